The summed E-state index contributed by atoms with van der Waals surface area (Å²) in [7, 11) is 0. The quantitative estimate of drug-likeness (QED) is 0.465. The van der Waals surface area contributed by atoms with E-state index in [4.69, 9.17) is 0 Å². The van der Waals surface area contributed by atoms with Crippen LogP contribution >= 0.6 is 0 Å². The molecule has 0 radical (unpaired) electrons. The lowest BCUT2D eigenvalue weighted by molar-refractivity contribution is -0.402. The molecule has 2 rings (SSSR count). The molecule has 0 amide bonds. The van der Waals surface area contributed by atoms with Gasteiger partial charge < -0.3 is 0 Å². The average Bonchev–Trinajstić information content (AvgIpc) is 2.04. The number of fused-ring (bicyclic) bond motifs is 1. The first-order valence-corrected chi connectivity index (χ1v) is 3.26. The fourth-order valence-corrected chi connectivity index (χ4v) is 0.986. The second kappa shape index (κ2) is 2.23. The van der Waals surface area contributed by atoms with Gasteiger partial charge in [0.2, 0.25) is 12.4 Å². The van der Waals surface area contributed by atoms with E-state index >= 15 is 0 Å². The Kier molecular flexibility index (Phi) is 1.25. The summed E-state index contributed by atoms with van der Waals surface area (Å²) in [4.78, 5) is 18.8. The summed E-state index contributed by atoms with van der Waals surface area (Å²) in [5, 5.41) is 0. The largest absolute Gasteiger partial charge is 0.269 e. The van der Waals surface area contributed by atoms with Gasteiger partial charge >= 0.3 is 0 Å². The summed E-state index contributed by atoms with van der Waals surface area (Å²) in [5.41, 5.74) is 1.63. The van der Waals surface area contributed by atoms with Gasteiger partial charge in [0.15, 0.2) is 0 Å². The molecule has 0 unspecified atom stereocenters. The Morgan fingerprint density at radius 2 is 2.45 bits per heavy atom. The van der Waals surface area contributed by atoms with Crippen LogP contribution in [0, 0.1) is 4.91 Å². The molecule has 0 aromatic rings. The molecule has 2 aliphatic rings. The molecule has 0 saturated carbocycles. The lowest BCUT2D eigenvalue weighted by Crippen LogP contribution is -2.12. The van der Waals surface area contributed by atoms with Crippen molar-refractivity contribution < 1.29 is 4.76 Å². The van der Waals surface area contributed by atoms with Crippen LogP contribution < -0.4 is 0 Å². The van der Waals surface area contributed by atoms with Crippen LogP contribution in [0.5, 0.6) is 0 Å². The molecule has 2 heterocycles. The monoisotopic (exact) mass is 148 g/mol. The Balaban J connectivity index is 2.44. The summed E-state index contributed by atoms with van der Waals surface area (Å²) in [5.74, 6) is 0. The van der Waals surface area contributed by atoms with Crippen LogP contribution in [0.25, 0.3) is 0 Å². The molecule has 0 saturated heterocycles. The minimum atomic E-state index is 0.468. The van der Waals surface area contributed by atoms with Crippen molar-refractivity contribution in [2.75, 3.05) is 6.67 Å². The number of hydrogen-bond acceptors (Lipinski definition) is 3. The second-order valence-electron chi connectivity index (χ2n) is 2.26. The number of aliphatic imine (C=N–C) groups is 2. The van der Waals surface area contributed by atoms with Gasteiger partial charge in [-0.05, 0) is 0 Å². The van der Waals surface area contributed by atoms with Gasteiger partial charge in [-0.2, -0.15) is 0 Å². The van der Waals surface area contributed by atoms with E-state index in [1.165, 1.54) is 12.4 Å². The normalized spacial score (nSPS) is 20.9. The van der Waals surface area contributed by atoms with Crippen LogP contribution in [0.1, 0.15) is 0 Å². The standard InChI is InChI=1S/C7H6N3O/c11-10-2-1-7-6(4-10)3-8-5-9-7/h1-4H,5H2/q+1. The first kappa shape index (κ1) is 6.15. The molecule has 0 bridgehead atoms. The van der Waals surface area contributed by atoms with Crippen molar-refractivity contribution in [1.29, 1.82) is 0 Å². The third-order valence-corrected chi connectivity index (χ3v) is 1.49. The third-order valence-electron chi connectivity index (χ3n) is 1.49. The lowest BCUT2D eigenvalue weighted by atomic mass is 10.1. The zero-order valence-electron chi connectivity index (χ0n) is 5.77. The minimum Gasteiger partial charge on any atom is -0.269 e. The van der Waals surface area contributed by atoms with Crippen molar-refractivity contribution in [3.05, 3.63) is 29.0 Å². The molecular weight excluding hydrogens is 142 g/mol. The molecule has 4 nitrogen and oxygen atoms in total. The van der Waals surface area contributed by atoms with Crippen LogP contribution in [0.2, 0.25) is 0 Å². The maximum atomic E-state index is 10.8. The van der Waals surface area contributed by atoms with Crippen molar-refractivity contribution in [2.45, 2.75) is 0 Å². The smallest absolute Gasteiger partial charge is 0.238 e. The molecule has 0 aromatic heterocycles. The number of nitrogens with zero attached hydrogens (tertiary/aromatic N) is 3. The van der Waals surface area contributed by atoms with Gasteiger partial charge in [0, 0.05) is 17.2 Å². The van der Waals surface area contributed by atoms with Gasteiger partial charge in [-0.3, -0.25) is 9.98 Å². The van der Waals surface area contributed by atoms with Gasteiger partial charge in [-0.1, -0.05) is 0 Å². The number of rotatable bonds is 0. The topological polar surface area (TPSA) is 44.8 Å². The molecule has 4 heteroatoms. The molecule has 54 valence electrons. The summed E-state index contributed by atoms with van der Waals surface area (Å²) >= 11 is 0. The first-order valence-electron chi connectivity index (χ1n) is 3.26. The van der Waals surface area contributed by atoms with Crippen molar-refractivity contribution in [3.63, 3.8) is 0 Å². The predicted octanol–water partition coefficient (Wildman–Crippen LogP) is 0.659. The van der Waals surface area contributed by atoms with E-state index in [9.17, 15) is 4.91 Å². The third kappa shape index (κ3) is 1.02. The van der Waals surface area contributed by atoms with Gasteiger partial charge in [-0.25, -0.2) is 0 Å². The first-order chi connectivity index (χ1) is 5.36. The molecule has 11 heavy (non-hydrogen) atoms. The maximum Gasteiger partial charge on any atom is 0.238 e. The summed E-state index contributed by atoms with van der Waals surface area (Å²) in [6.45, 7) is 0.468. The highest BCUT2D eigenvalue weighted by Gasteiger charge is 2.16. The van der Waals surface area contributed by atoms with Crippen molar-refractivity contribution in [3.8, 4) is 0 Å². The molecular formula is C7H6N3O+. The molecule has 0 fully saturated rings. The Morgan fingerprint density at radius 3 is 3.36 bits per heavy atom. The molecule has 2 aliphatic heterocycles. The van der Waals surface area contributed by atoms with E-state index < -0.39 is 0 Å². The van der Waals surface area contributed by atoms with Crippen molar-refractivity contribution in [1.82, 2.24) is 0 Å². The molecule has 0 spiro atoms. The summed E-state index contributed by atoms with van der Waals surface area (Å²) in [6.07, 6.45) is 6.24. The Labute approximate surface area is 63.2 Å². The van der Waals surface area contributed by atoms with E-state index in [1.807, 2.05) is 0 Å². The van der Waals surface area contributed by atoms with Gasteiger partial charge in [-0.15, -0.1) is 0 Å². The Hall–Kier alpha value is -1.58. The van der Waals surface area contributed by atoms with E-state index in [2.05, 4.69) is 9.98 Å². The van der Waals surface area contributed by atoms with Crippen LogP contribution in [-0.2, 0) is 0 Å². The zero-order valence-corrected chi connectivity index (χ0v) is 5.77. The van der Waals surface area contributed by atoms with Gasteiger partial charge in [0.1, 0.15) is 6.67 Å². The Morgan fingerprint density at radius 1 is 1.55 bits per heavy atom. The van der Waals surface area contributed by atoms with E-state index in [-0.39, 0.29) is 0 Å². The highest BCUT2D eigenvalue weighted by molar-refractivity contribution is 6.22. The van der Waals surface area contributed by atoms with E-state index in [0.29, 0.717) is 6.67 Å². The SMILES string of the molecule is O=[N+]1C=CC2=NCN=CC2=C1. The van der Waals surface area contributed by atoms with Crippen molar-refractivity contribution in [2.24, 2.45) is 9.98 Å². The van der Waals surface area contributed by atoms with Crippen LogP contribution in [0.4, 0.5) is 0 Å². The van der Waals surface area contributed by atoms with Crippen LogP contribution in [0.3, 0.4) is 0 Å². The van der Waals surface area contributed by atoms with Crippen LogP contribution in [0.15, 0.2) is 34.0 Å². The number of hydrogen-bond donors (Lipinski definition) is 0. The van der Waals surface area contributed by atoms with Crippen molar-refractivity contribution >= 4 is 11.9 Å². The maximum absolute atomic E-state index is 10.8. The molecule has 0 aliphatic carbocycles. The number of allylic oxidation sites excluding steroid dienone is 2. The van der Waals surface area contributed by atoms with Gasteiger partial charge in [0.05, 0.1) is 16.0 Å². The van der Waals surface area contributed by atoms with Crippen LogP contribution in [-0.4, -0.2) is 23.4 Å². The Bertz CT molecular complexity index is 323. The minimum absolute atomic E-state index is 0.468. The summed E-state index contributed by atoms with van der Waals surface area (Å²) in [6, 6.07) is 0. The zero-order chi connectivity index (χ0) is 7.68. The molecule has 0 atom stereocenters. The van der Waals surface area contributed by atoms with Gasteiger partial charge in [0.25, 0.3) is 0 Å². The fourth-order valence-electron chi connectivity index (χ4n) is 0.986. The fraction of sp³-hybridized carbons (Fsp3) is 0.143. The predicted molar refractivity (Wildman–Crippen MR) is 41.6 cm³/mol. The summed E-state index contributed by atoms with van der Waals surface area (Å²) < 4.78 is 0.742. The lowest BCUT2D eigenvalue weighted by Gasteiger charge is -2.04. The highest BCUT2D eigenvalue weighted by atomic mass is 16.3. The molecule has 0 N–H and O–H groups in total. The van der Waals surface area contributed by atoms with E-state index in [0.717, 1.165) is 16.0 Å². The van der Waals surface area contributed by atoms with E-state index in [1.54, 1.807) is 12.3 Å². The highest BCUT2D eigenvalue weighted by Crippen LogP contribution is 2.07. The second-order valence-corrected chi connectivity index (χ2v) is 2.26. The average molecular weight is 148 g/mol. The number of nitroso groups, excluding NO2 is 1. The molecule has 0 aromatic carbocycles.